The second kappa shape index (κ2) is 6.68. The van der Waals surface area contributed by atoms with Crippen molar-refractivity contribution >= 4 is 22.2 Å². The van der Waals surface area contributed by atoms with Gasteiger partial charge in [-0.05, 0) is 19.4 Å². The Morgan fingerprint density at radius 1 is 1.47 bits per heavy atom. The summed E-state index contributed by atoms with van der Waals surface area (Å²) in [6.45, 7) is 4.17. The monoisotopic (exact) mass is 256 g/mol. The Bertz CT molecular complexity index is 269. The molecule has 1 fully saturated rings. The first-order valence-corrected chi connectivity index (χ1v) is 7.04. The fraction of sp³-hybridized carbons (Fsp3) is 1.00. The third-order valence-corrected chi connectivity index (χ3v) is 4.38. The van der Waals surface area contributed by atoms with Gasteiger partial charge in [0.15, 0.2) is 9.84 Å². The molecule has 0 saturated carbocycles. The molecule has 0 aromatic carbocycles. The molecule has 2 N–H and O–H groups in total. The van der Waals surface area contributed by atoms with Crippen LogP contribution in [-0.4, -0.2) is 50.5 Å². The molecule has 1 aliphatic heterocycles. The van der Waals surface area contributed by atoms with E-state index < -0.39 is 9.84 Å². The number of hydrogen-bond donors (Lipinski definition) is 1. The van der Waals surface area contributed by atoms with Crippen LogP contribution in [-0.2, 0) is 9.84 Å². The SMILES string of the molecule is CCS(=O)(=O)CCN1CCCC(N)C1.Cl. The molecule has 0 aromatic rings. The normalized spacial score (nSPS) is 23.5. The van der Waals surface area contributed by atoms with Crippen LogP contribution in [0.3, 0.4) is 0 Å². The van der Waals surface area contributed by atoms with Crippen LogP contribution in [0.2, 0.25) is 0 Å². The quantitative estimate of drug-likeness (QED) is 0.784. The van der Waals surface area contributed by atoms with Crippen molar-refractivity contribution in [2.24, 2.45) is 5.73 Å². The van der Waals surface area contributed by atoms with E-state index in [2.05, 4.69) is 4.90 Å². The third-order valence-electron chi connectivity index (χ3n) is 2.70. The van der Waals surface area contributed by atoms with Gasteiger partial charge in [0.1, 0.15) is 0 Å². The highest BCUT2D eigenvalue weighted by atomic mass is 35.5. The maximum absolute atomic E-state index is 11.3. The van der Waals surface area contributed by atoms with Crippen molar-refractivity contribution in [2.45, 2.75) is 25.8 Å². The van der Waals surface area contributed by atoms with Crippen LogP contribution < -0.4 is 5.73 Å². The third kappa shape index (κ3) is 5.70. The first-order chi connectivity index (χ1) is 6.53. The first-order valence-electron chi connectivity index (χ1n) is 5.22. The number of halogens is 1. The Balaban J connectivity index is 0.00000196. The Kier molecular flexibility index (Phi) is 6.75. The molecule has 1 aliphatic rings. The fourth-order valence-electron chi connectivity index (χ4n) is 1.71. The van der Waals surface area contributed by atoms with Crippen molar-refractivity contribution in [3.05, 3.63) is 0 Å². The van der Waals surface area contributed by atoms with Gasteiger partial charge in [-0.25, -0.2) is 8.42 Å². The minimum absolute atomic E-state index is 0. The van der Waals surface area contributed by atoms with E-state index in [4.69, 9.17) is 5.73 Å². The van der Waals surface area contributed by atoms with Crippen LogP contribution >= 0.6 is 12.4 Å². The molecule has 1 heterocycles. The second-order valence-corrected chi connectivity index (χ2v) is 6.41. The van der Waals surface area contributed by atoms with Crippen molar-refractivity contribution in [1.29, 1.82) is 0 Å². The van der Waals surface area contributed by atoms with Gasteiger partial charge in [-0.15, -0.1) is 12.4 Å². The summed E-state index contributed by atoms with van der Waals surface area (Å²) >= 11 is 0. The van der Waals surface area contributed by atoms with E-state index in [1.807, 2.05) is 0 Å². The van der Waals surface area contributed by atoms with E-state index in [1.54, 1.807) is 6.92 Å². The largest absolute Gasteiger partial charge is 0.327 e. The average Bonchev–Trinajstić information content (AvgIpc) is 2.15. The number of nitrogens with two attached hydrogens (primary N) is 1. The van der Waals surface area contributed by atoms with Crippen LogP contribution in [0.15, 0.2) is 0 Å². The molecule has 1 saturated heterocycles. The first kappa shape index (κ1) is 15.2. The standard InChI is InChI=1S/C9H20N2O2S.ClH/c1-2-14(12,13)7-6-11-5-3-4-9(10)8-11;/h9H,2-8,10H2,1H3;1H. The van der Waals surface area contributed by atoms with Gasteiger partial charge < -0.3 is 10.6 Å². The molecule has 0 bridgehead atoms. The lowest BCUT2D eigenvalue weighted by molar-refractivity contribution is 0.220. The zero-order valence-corrected chi connectivity index (χ0v) is 10.8. The summed E-state index contributed by atoms with van der Waals surface area (Å²) in [6, 6.07) is 0.230. The Morgan fingerprint density at radius 2 is 2.13 bits per heavy atom. The highest BCUT2D eigenvalue weighted by Crippen LogP contribution is 2.07. The molecule has 0 amide bonds. The maximum atomic E-state index is 11.3. The summed E-state index contributed by atoms with van der Waals surface area (Å²) < 4.78 is 22.5. The summed E-state index contributed by atoms with van der Waals surface area (Å²) in [4.78, 5) is 2.15. The predicted octanol–water partition coefficient (Wildman–Crippen LogP) is 0.266. The smallest absolute Gasteiger partial charge is 0.151 e. The van der Waals surface area contributed by atoms with Gasteiger partial charge in [0.25, 0.3) is 0 Å². The lowest BCUT2D eigenvalue weighted by Crippen LogP contribution is -2.44. The van der Waals surface area contributed by atoms with Gasteiger partial charge >= 0.3 is 0 Å². The summed E-state index contributed by atoms with van der Waals surface area (Å²) in [7, 11) is -2.82. The summed E-state index contributed by atoms with van der Waals surface area (Å²) in [6.07, 6.45) is 2.16. The minimum atomic E-state index is -2.82. The van der Waals surface area contributed by atoms with Gasteiger partial charge in [-0.3, -0.25) is 0 Å². The van der Waals surface area contributed by atoms with E-state index >= 15 is 0 Å². The molecule has 0 spiro atoms. The molecule has 15 heavy (non-hydrogen) atoms. The molecule has 1 rings (SSSR count). The highest BCUT2D eigenvalue weighted by Gasteiger charge is 2.18. The van der Waals surface area contributed by atoms with Crippen molar-refractivity contribution in [2.75, 3.05) is 31.1 Å². The van der Waals surface area contributed by atoms with E-state index in [0.717, 1.165) is 25.9 Å². The molecule has 1 atom stereocenters. The van der Waals surface area contributed by atoms with Crippen LogP contribution in [0.5, 0.6) is 0 Å². The van der Waals surface area contributed by atoms with Crippen molar-refractivity contribution in [1.82, 2.24) is 4.90 Å². The Labute approximate surface area is 98.5 Å². The zero-order valence-electron chi connectivity index (χ0n) is 9.18. The molecule has 4 nitrogen and oxygen atoms in total. The summed E-state index contributed by atoms with van der Waals surface area (Å²) in [5, 5.41) is 0. The fourth-order valence-corrected chi connectivity index (χ4v) is 2.53. The van der Waals surface area contributed by atoms with Gasteiger partial charge in [-0.2, -0.15) is 0 Å². The molecule has 1 unspecified atom stereocenters. The van der Waals surface area contributed by atoms with Crippen molar-refractivity contribution in [3.63, 3.8) is 0 Å². The number of piperidine rings is 1. The van der Waals surface area contributed by atoms with Crippen LogP contribution in [0.25, 0.3) is 0 Å². The van der Waals surface area contributed by atoms with Crippen molar-refractivity contribution < 1.29 is 8.42 Å². The molecule has 0 aliphatic carbocycles. The molecule has 6 heteroatoms. The topological polar surface area (TPSA) is 63.4 Å². The van der Waals surface area contributed by atoms with Crippen LogP contribution in [0.1, 0.15) is 19.8 Å². The van der Waals surface area contributed by atoms with Gasteiger partial charge in [0.2, 0.25) is 0 Å². The average molecular weight is 257 g/mol. The minimum Gasteiger partial charge on any atom is -0.327 e. The van der Waals surface area contributed by atoms with Gasteiger partial charge in [0.05, 0.1) is 5.75 Å². The molecular weight excluding hydrogens is 236 g/mol. The van der Waals surface area contributed by atoms with E-state index in [0.29, 0.717) is 6.54 Å². The van der Waals surface area contributed by atoms with Gasteiger partial charge in [-0.1, -0.05) is 6.92 Å². The summed E-state index contributed by atoms with van der Waals surface area (Å²) in [5.74, 6) is 0.517. The molecule has 92 valence electrons. The van der Waals surface area contributed by atoms with Gasteiger partial charge in [0, 0.05) is 24.9 Å². The van der Waals surface area contributed by atoms with E-state index in [1.165, 1.54) is 0 Å². The lowest BCUT2D eigenvalue weighted by Gasteiger charge is -2.30. The summed E-state index contributed by atoms with van der Waals surface area (Å²) in [5.41, 5.74) is 5.81. The van der Waals surface area contributed by atoms with Crippen molar-refractivity contribution in [3.8, 4) is 0 Å². The Hall–Kier alpha value is 0.160. The number of sulfone groups is 1. The highest BCUT2D eigenvalue weighted by molar-refractivity contribution is 7.91. The molecule has 0 aromatic heterocycles. The van der Waals surface area contributed by atoms with Crippen LogP contribution in [0.4, 0.5) is 0 Å². The number of nitrogens with zero attached hydrogens (tertiary/aromatic N) is 1. The van der Waals surface area contributed by atoms with Crippen LogP contribution in [0, 0.1) is 0 Å². The number of rotatable bonds is 4. The lowest BCUT2D eigenvalue weighted by atomic mass is 10.1. The molecule has 0 radical (unpaired) electrons. The Morgan fingerprint density at radius 3 is 2.67 bits per heavy atom. The maximum Gasteiger partial charge on any atom is 0.151 e. The van der Waals surface area contributed by atoms with E-state index in [-0.39, 0.29) is 30.0 Å². The number of likely N-dealkylation sites (tertiary alicyclic amines) is 1. The van der Waals surface area contributed by atoms with E-state index in [9.17, 15) is 8.42 Å². The predicted molar refractivity (Wildman–Crippen MR) is 65.2 cm³/mol. The zero-order chi connectivity index (χ0) is 10.6. The number of hydrogen-bond acceptors (Lipinski definition) is 4. The molecular formula is C9H21ClN2O2S. The second-order valence-electron chi connectivity index (χ2n) is 3.94.